The van der Waals surface area contributed by atoms with E-state index >= 15 is 0 Å². The summed E-state index contributed by atoms with van der Waals surface area (Å²) in [4.78, 5) is 8.33. The van der Waals surface area contributed by atoms with E-state index in [9.17, 15) is 0 Å². The van der Waals surface area contributed by atoms with Crippen LogP contribution in [-0.4, -0.2) is 16.0 Å². The zero-order valence-corrected chi connectivity index (χ0v) is 12.5. The van der Waals surface area contributed by atoms with Gasteiger partial charge in [0.25, 0.3) is 0 Å². The molecule has 0 radical (unpaired) electrons. The van der Waals surface area contributed by atoms with E-state index in [0.717, 1.165) is 5.56 Å². The van der Waals surface area contributed by atoms with Crippen molar-refractivity contribution in [2.24, 2.45) is 5.73 Å². The molecule has 20 heavy (non-hydrogen) atoms. The van der Waals surface area contributed by atoms with E-state index in [1.165, 1.54) is 17.8 Å². The van der Waals surface area contributed by atoms with Crippen molar-refractivity contribution in [3.05, 3.63) is 40.9 Å². The highest BCUT2D eigenvalue weighted by atomic mass is 35.5. The average molecular weight is 310 g/mol. The van der Waals surface area contributed by atoms with Gasteiger partial charge in [0, 0.05) is 17.1 Å². The Kier molecular flexibility index (Phi) is 4.69. The standard InChI is InChI=1S/C13H16ClN5S/c1-7(15)12(8-3-2-4-9(14)5-8)20-13-18-10(16)6-11(17)19-13/h2-7,12H,15H2,1H3,(H4,16,17,18,19). The molecule has 0 fully saturated rings. The lowest BCUT2D eigenvalue weighted by molar-refractivity contribution is 0.718. The fourth-order valence-corrected chi connectivity index (χ4v) is 3.03. The van der Waals surface area contributed by atoms with Crippen LogP contribution < -0.4 is 17.2 Å². The van der Waals surface area contributed by atoms with Crippen molar-refractivity contribution in [3.8, 4) is 0 Å². The first-order valence-corrected chi connectivity index (χ1v) is 7.29. The van der Waals surface area contributed by atoms with Gasteiger partial charge >= 0.3 is 0 Å². The lowest BCUT2D eigenvalue weighted by Gasteiger charge is -2.20. The van der Waals surface area contributed by atoms with Crippen LogP contribution in [0.3, 0.4) is 0 Å². The van der Waals surface area contributed by atoms with Crippen molar-refractivity contribution in [2.75, 3.05) is 11.5 Å². The van der Waals surface area contributed by atoms with Gasteiger partial charge < -0.3 is 17.2 Å². The number of nitrogens with two attached hydrogens (primary N) is 3. The number of benzene rings is 1. The molecule has 2 rings (SSSR count). The number of hydrogen-bond acceptors (Lipinski definition) is 6. The third-order valence-electron chi connectivity index (χ3n) is 2.63. The van der Waals surface area contributed by atoms with E-state index in [1.807, 2.05) is 31.2 Å². The van der Waals surface area contributed by atoms with E-state index in [2.05, 4.69) is 9.97 Å². The van der Waals surface area contributed by atoms with Crippen LogP contribution in [0.4, 0.5) is 11.6 Å². The molecule has 1 aromatic heterocycles. The Hall–Kier alpha value is -1.50. The molecule has 1 aromatic carbocycles. The summed E-state index contributed by atoms with van der Waals surface area (Å²) < 4.78 is 0. The fraction of sp³-hybridized carbons (Fsp3) is 0.231. The normalized spacial score (nSPS) is 13.9. The minimum absolute atomic E-state index is 0.0325. The number of anilines is 2. The number of rotatable bonds is 4. The predicted molar refractivity (Wildman–Crippen MR) is 84.6 cm³/mol. The van der Waals surface area contributed by atoms with Crippen molar-refractivity contribution in [2.45, 2.75) is 23.4 Å². The number of nitrogens with zero attached hydrogens (tertiary/aromatic N) is 2. The van der Waals surface area contributed by atoms with Gasteiger partial charge in [0.1, 0.15) is 11.6 Å². The maximum Gasteiger partial charge on any atom is 0.192 e. The number of hydrogen-bond donors (Lipinski definition) is 3. The molecule has 7 heteroatoms. The molecule has 0 saturated heterocycles. The van der Waals surface area contributed by atoms with Crippen LogP contribution >= 0.6 is 23.4 Å². The monoisotopic (exact) mass is 309 g/mol. The van der Waals surface area contributed by atoms with Crippen molar-refractivity contribution < 1.29 is 0 Å². The molecule has 2 unspecified atom stereocenters. The second-order valence-corrected chi connectivity index (χ2v) is 6.00. The first-order valence-electron chi connectivity index (χ1n) is 6.03. The van der Waals surface area contributed by atoms with Gasteiger partial charge in [-0.05, 0) is 24.6 Å². The highest BCUT2D eigenvalue weighted by molar-refractivity contribution is 7.99. The van der Waals surface area contributed by atoms with Gasteiger partial charge in [0.15, 0.2) is 5.16 Å². The lowest BCUT2D eigenvalue weighted by Crippen LogP contribution is -2.23. The molecular formula is C13H16ClN5S. The Morgan fingerprint density at radius 3 is 2.35 bits per heavy atom. The molecule has 0 aliphatic carbocycles. The zero-order valence-electron chi connectivity index (χ0n) is 11.0. The van der Waals surface area contributed by atoms with Crippen molar-refractivity contribution in [3.63, 3.8) is 0 Å². The van der Waals surface area contributed by atoms with Crippen LogP contribution in [0.1, 0.15) is 17.7 Å². The molecule has 106 valence electrons. The van der Waals surface area contributed by atoms with Crippen LogP contribution in [0.5, 0.6) is 0 Å². The fourth-order valence-electron chi connectivity index (χ4n) is 1.79. The van der Waals surface area contributed by atoms with Gasteiger partial charge in [-0.15, -0.1) is 0 Å². The summed E-state index contributed by atoms with van der Waals surface area (Å²) in [5.41, 5.74) is 18.4. The SMILES string of the molecule is CC(N)C(Sc1nc(N)cc(N)n1)c1cccc(Cl)c1. The third kappa shape index (κ3) is 3.75. The minimum atomic E-state index is -0.107. The van der Waals surface area contributed by atoms with Gasteiger partial charge in [-0.25, -0.2) is 9.97 Å². The molecule has 1 heterocycles. The number of nitrogen functional groups attached to an aromatic ring is 2. The first-order chi connectivity index (χ1) is 9.45. The summed E-state index contributed by atoms with van der Waals surface area (Å²) in [6, 6.07) is 8.99. The Morgan fingerprint density at radius 1 is 1.15 bits per heavy atom. The van der Waals surface area contributed by atoms with Gasteiger partial charge in [-0.3, -0.25) is 0 Å². The molecule has 0 spiro atoms. The summed E-state index contributed by atoms with van der Waals surface area (Å²) in [7, 11) is 0. The zero-order chi connectivity index (χ0) is 14.7. The van der Waals surface area contributed by atoms with Crippen LogP contribution in [0, 0.1) is 0 Å². The molecule has 0 amide bonds. The molecule has 6 N–H and O–H groups in total. The lowest BCUT2D eigenvalue weighted by atomic mass is 10.1. The summed E-state index contributed by atoms with van der Waals surface area (Å²) in [6.45, 7) is 1.92. The Balaban J connectivity index is 2.30. The van der Waals surface area contributed by atoms with Gasteiger partial charge in [-0.1, -0.05) is 35.5 Å². The van der Waals surface area contributed by atoms with Crippen LogP contribution in [0.15, 0.2) is 35.5 Å². The molecule has 0 aliphatic heterocycles. The molecule has 0 saturated carbocycles. The van der Waals surface area contributed by atoms with E-state index in [4.69, 9.17) is 28.8 Å². The molecule has 2 aromatic rings. The second kappa shape index (κ2) is 6.30. The maximum atomic E-state index is 6.06. The molecule has 5 nitrogen and oxygen atoms in total. The van der Waals surface area contributed by atoms with Crippen molar-refractivity contribution in [1.29, 1.82) is 0 Å². The maximum absolute atomic E-state index is 6.06. The molecule has 0 bridgehead atoms. The summed E-state index contributed by atoms with van der Waals surface area (Å²) in [5, 5.41) is 1.14. The van der Waals surface area contributed by atoms with Gasteiger partial charge in [-0.2, -0.15) is 0 Å². The number of halogens is 1. The van der Waals surface area contributed by atoms with Crippen molar-refractivity contribution >= 4 is 35.0 Å². The Bertz CT molecular complexity index is 585. The van der Waals surface area contributed by atoms with Crippen LogP contribution in [0.25, 0.3) is 0 Å². The van der Waals surface area contributed by atoms with E-state index < -0.39 is 0 Å². The first kappa shape index (κ1) is 14.9. The van der Waals surface area contributed by atoms with E-state index in [-0.39, 0.29) is 11.3 Å². The topological polar surface area (TPSA) is 104 Å². The minimum Gasteiger partial charge on any atom is -0.383 e. The van der Waals surface area contributed by atoms with Crippen LogP contribution in [0.2, 0.25) is 5.02 Å². The molecule has 2 atom stereocenters. The smallest absolute Gasteiger partial charge is 0.192 e. The number of aromatic nitrogens is 2. The van der Waals surface area contributed by atoms with Gasteiger partial charge in [0.05, 0.1) is 5.25 Å². The summed E-state index contributed by atoms with van der Waals surface area (Å²) in [5.74, 6) is 0.684. The Labute approximate surface area is 126 Å². The summed E-state index contributed by atoms with van der Waals surface area (Å²) >= 11 is 7.45. The highest BCUT2D eigenvalue weighted by Gasteiger charge is 2.20. The highest BCUT2D eigenvalue weighted by Crippen LogP contribution is 2.36. The average Bonchev–Trinajstić information content (AvgIpc) is 2.34. The third-order valence-corrected chi connectivity index (χ3v) is 4.22. The van der Waals surface area contributed by atoms with Crippen LogP contribution in [-0.2, 0) is 0 Å². The second-order valence-electron chi connectivity index (χ2n) is 4.45. The van der Waals surface area contributed by atoms with E-state index in [1.54, 1.807) is 0 Å². The molecular weight excluding hydrogens is 294 g/mol. The Morgan fingerprint density at radius 2 is 1.80 bits per heavy atom. The van der Waals surface area contributed by atoms with E-state index in [0.29, 0.717) is 21.8 Å². The largest absolute Gasteiger partial charge is 0.383 e. The predicted octanol–water partition coefficient (Wildman–Crippen LogP) is 2.47. The van der Waals surface area contributed by atoms with Crippen molar-refractivity contribution in [1.82, 2.24) is 9.97 Å². The number of thioether (sulfide) groups is 1. The molecule has 0 aliphatic rings. The summed E-state index contributed by atoms with van der Waals surface area (Å²) in [6.07, 6.45) is 0. The quantitative estimate of drug-likeness (QED) is 0.592. The van der Waals surface area contributed by atoms with Gasteiger partial charge in [0.2, 0.25) is 0 Å².